The van der Waals surface area contributed by atoms with Gasteiger partial charge in [-0.15, -0.1) is 0 Å². The zero-order valence-corrected chi connectivity index (χ0v) is 19.5. The molecule has 1 saturated heterocycles. The van der Waals surface area contributed by atoms with E-state index in [1.807, 2.05) is 29.3 Å². The number of anilines is 1. The Hall–Kier alpha value is -3.94. The summed E-state index contributed by atoms with van der Waals surface area (Å²) in [6.07, 6.45) is 10.4. The highest BCUT2D eigenvalue weighted by molar-refractivity contribution is 5.88. The Balaban J connectivity index is 1.31. The minimum Gasteiger partial charge on any atom is -0.493 e. The number of carbonyl (C=O) groups is 1. The minimum absolute atomic E-state index is 0.172. The van der Waals surface area contributed by atoms with Crippen LogP contribution >= 0.6 is 0 Å². The first-order chi connectivity index (χ1) is 16.6. The first-order valence-corrected chi connectivity index (χ1v) is 11.3. The third-order valence-electron chi connectivity index (χ3n) is 5.75. The van der Waals surface area contributed by atoms with Crippen LogP contribution in [0.25, 0.3) is 6.08 Å². The molecule has 0 spiro atoms. The average molecular weight is 460 g/mol. The predicted molar refractivity (Wildman–Crippen MR) is 131 cm³/mol. The number of benzene rings is 1. The topological polar surface area (TPSA) is 89.5 Å². The highest BCUT2D eigenvalue weighted by Crippen LogP contribution is 2.26. The van der Waals surface area contributed by atoms with Gasteiger partial charge < -0.3 is 14.4 Å². The standard InChI is InChI=1S/C26H29N5O3/c1-19-18-31(26(32)30-24-16-29-25(33-2)17-28-24)11-8-22(19)13-21-5-3-7-23(14-21)34-12-9-20-6-4-10-27-15-20/h3-7,10,13-17,19H,8-9,11-12,18H2,1-2H3,(H,28,30,32)/b22-13+. The van der Waals surface area contributed by atoms with Crippen molar-refractivity contribution in [2.24, 2.45) is 5.92 Å². The quantitative estimate of drug-likeness (QED) is 0.561. The van der Waals surface area contributed by atoms with Crippen molar-refractivity contribution in [1.82, 2.24) is 19.9 Å². The van der Waals surface area contributed by atoms with Gasteiger partial charge in [0, 0.05) is 31.9 Å². The second-order valence-electron chi connectivity index (χ2n) is 8.22. The van der Waals surface area contributed by atoms with Crippen molar-refractivity contribution in [1.29, 1.82) is 0 Å². The van der Waals surface area contributed by atoms with Crippen LogP contribution in [0, 0.1) is 5.92 Å². The first kappa shape index (κ1) is 23.2. The lowest BCUT2D eigenvalue weighted by molar-refractivity contribution is 0.197. The Morgan fingerprint density at radius 1 is 1.21 bits per heavy atom. The lowest BCUT2D eigenvalue weighted by Gasteiger charge is -2.33. The van der Waals surface area contributed by atoms with Crippen LogP contribution in [0.4, 0.5) is 10.6 Å². The Morgan fingerprint density at radius 3 is 2.85 bits per heavy atom. The van der Waals surface area contributed by atoms with Gasteiger partial charge in [0.05, 0.1) is 26.1 Å². The molecule has 8 nitrogen and oxygen atoms in total. The first-order valence-electron chi connectivity index (χ1n) is 11.3. The van der Waals surface area contributed by atoms with Crippen LogP contribution in [-0.4, -0.2) is 52.7 Å². The number of piperidine rings is 1. The molecule has 0 saturated carbocycles. The van der Waals surface area contributed by atoms with E-state index in [0.29, 0.717) is 31.4 Å². The molecule has 1 atom stereocenters. The fraction of sp³-hybridized carbons (Fsp3) is 0.308. The molecular weight excluding hydrogens is 430 g/mol. The van der Waals surface area contributed by atoms with E-state index in [0.717, 1.165) is 29.7 Å². The zero-order chi connectivity index (χ0) is 23.8. The maximum absolute atomic E-state index is 12.7. The van der Waals surface area contributed by atoms with Gasteiger partial charge in [-0.3, -0.25) is 10.3 Å². The summed E-state index contributed by atoms with van der Waals surface area (Å²) < 4.78 is 10.9. The van der Waals surface area contributed by atoms with Crippen molar-refractivity contribution in [3.05, 3.63) is 77.9 Å². The van der Waals surface area contributed by atoms with Crippen molar-refractivity contribution in [3.63, 3.8) is 0 Å². The Labute approximate surface area is 199 Å². The summed E-state index contributed by atoms with van der Waals surface area (Å²) in [6, 6.07) is 11.9. The molecule has 0 bridgehead atoms. The Bertz CT molecular complexity index is 1120. The lowest BCUT2D eigenvalue weighted by Crippen LogP contribution is -2.42. The van der Waals surface area contributed by atoms with Gasteiger partial charge in [-0.2, -0.15) is 0 Å². The predicted octanol–water partition coefficient (Wildman–Crippen LogP) is 4.46. The van der Waals surface area contributed by atoms with E-state index in [9.17, 15) is 4.79 Å². The Kier molecular flexibility index (Phi) is 7.70. The molecule has 3 aromatic rings. The number of amides is 2. The van der Waals surface area contributed by atoms with Crippen LogP contribution < -0.4 is 14.8 Å². The highest BCUT2D eigenvalue weighted by atomic mass is 16.5. The number of carbonyl (C=O) groups excluding carboxylic acids is 1. The molecule has 2 aromatic heterocycles. The van der Waals surface area contributed by atoms with Gasteiger partial charge in [0.15, 0.2) is 5.82 Å². The molecule has 1 aliphatic heterocycles. The van der Waals surface area contributed by atoms with Crippen LogP contribution in [0.1, 0.15) is 24.5 Å². The van der Waals surface area contributed by atoms with Gasteiger partial charge in [0.2, 0.25) is 5.88 Å². The van der Waals surface area contributed by atoms with E-state index in [1.165, 1.54) is 25.1 Å². The summed E-state index contributed by atoms with van der Waals surface area (Å²) in [5, 5.41) is 2.80. The fourth-order valence-corrected chi connectivity index (χ4v) is 3.86. The van der Waals surface area contributed by atoms with Gasteiger partial charge in [0.1, 0.15) is 5.75 Å². The number of rotatable bonds is 7. The second kappa shape index (κ2) is 11.3. The number of urea groups is 1. The molecule has 1 aliphatic rings. The fourth-order valence-electron chi connectivity index (χ4n) is 3.86. The number of hydrogen-bond acceptors (Lipinski definition) is 6. The van der Waals surface area contributed by atoms with Gasteiger partial charge in [-0.05, 0) is 41.7 Å². The van der Waals surface area contributed by atoms with Crippen molar-refractivity contribution < 1.29 is 14.3 Å². The van der Waals surface area contributed by atoms with E-state index < -0.39 is 0 Å². The van der Waals surface area contributed by atoms with Crippen LogP contribution in [-0.2, 0) is 6.42 Å². The van der Waals surface area contributed by atoms with Crippen molar-refractivity contribution in [2.75, 3.05) is 32.1 Å². The second-order valence-corrected chi connectivity index (χ2v) is 8.22. The van der Waals surface area contributed by atoms with Crippen molar-refractivity contribution >= 4 is 17.9 Å². The largest absolute Gasteiger partial charge is 0.493 e. The van der Waals surface area contributed by atoms with E-state index in [-0.39, 0.29) is 11.9 Å². The number of nitrogens with one attached hydrogen (secondary N) is 1. The summed E-state index contributed by atoms with van der Waals surface area (Å²) in [7, 11) is 1.52. The Morgan fingerprint density at radius 2 is 2.12 bits per heavy atom. The molecule has 2 amide bonds. The third kappa shape index (κ3) is 6.31. The molecule has 4 rings (SSSR count). The maximum Gasteiger partial charge on any atom is 0.323 e. The maximum atomic E-state index is 12.7. The van der Waals surface area contributed by atoms with Gasteiger partial charge in [0.25, 0.3) is 0 Å². The number of hydrogen-bond donors (Lipinski definition) is 1. The number of methoxy groups -OCH3 is 1. The molecule has 8 heteroatoms. The number of likely N-dealkylation sites (tertiary alicyclic amines) is 1. The molecule has 0 radical (unpaired) electrons. The molecular formula is C26H29N5O3. The lowest BCUT2D eigenvalue weighted by atomic mass is 9.91. The third-order valence-corrected chi connectivity index (χ3v) is 5.75. The molecule has 176 valence electrons. The summed E-state index contributed by atoms with van der Waals surface area (Å²) >= 11 is 0. The molecule has 0 aliphatic carbocycles. The van der Waals surface area contributed by atoms with Crippen LogP contribution in [0.15, 0.2) is 66.8 Å². The van der Waals surface area contributed by atoms with E-state index in [2.05, 4.69) is 51.5 Å². The minimum atomic E-state index is -0.172. The molecule has 3 heterocycles. The van der Waals surface area contributed by atoms with Crippen LogP contribution in [0.2, 0.25) is 0 Å². The smallest absolute Gasteiger partial charge is 0.323 e. The average Bonchev–Trinajstić information content (AvgIpc) is 2.86. The van der Waals surface area contributed by atoms with Crippen molar-refractivity contribution in [3.8, 4) is 11.6 Å². The zero-order valence-electron chi connectivity index (χ0n) is 19.5. The van der Waals surface area contributed by atoms with Crippen LogP contribution in [0.5, 0.6) is 11.6 Å². The number of pyridine rings is 1. The monoisotopic (exact) mass is 459 g/mol. The van der Waals surface area contributed by atoms with E-state index in [1.54, 1.807) is 6.20 Å². The molecule has 1 unspecified atom stereocenters. The summed E-state index contributed by atoms with van der Waals surface area (Å²) in [6.45, 7) is 4.03. The summed E-state index contributed by atoms with van der Waals surface area (Å²) in [5.74, 6) is 1.90. The molecule has 1 N–H and O–H groups in total. The van der Waals surface area contributed by atoms with Gasteiger partial charge in [-0.1, -0.05) is 36.8 Å². The van der Waals surface area contributed by atoms with Gasteiger partial charge in [-0.25, -0.2) is 14.8 Å². The SMILES string of the molecule is COc1cnc(NC(=O)N2CC/C(=C\c3cccc(OCCc4cccnc4)c3)C(C)C2)cn1. The molecule has 1 aromatic carbocycles. The highest BCUT2D eigenvalue weighted by Gasteiger charge is 2.24. The van der Waals surface area contributed by atoms with E-state index in [4.69, 9.17) is 9.47 Å². The molecule has 1 fully saturated rings. The van der Waals surface area contributed by atoms with E-state index >= 15 is 0 Å². The number of aromatic nitrogens is 3. The van der Waals surface area contributed by atoms with Gasteiger partial charge >= 0.3 is 6.03 Å². The number of nitrogens with zero attached hydrogens (tertiary/aromatic N) is 4. The normalized spacial score (nSPS) is 16.8. The summed E-state index contributed by atoms with van der Waals surface area (Å²) in [4.78, 5) is 26.8. The van der Waals surface area contributed by atoms with Crippen LogP contribution in [0.3, 0.4) is 0 Å². The van der Waals surface area contributed by atoms with Crippen molar-refractivity contribution in [2.45, 2.75) is 19.8 Å². The molecule has 34 heavy (non-hydrogen) atoms. The summed E-state index contributed by atoms with van der Waals surface area (Å²) in [5.41, 5.74) is 3.58. The number of ether oxygens (including phenoxy) is 2.